The zero-order valence-corrected chi connectivity index (χ0v) is 10.8. The molecule has 0 heterocycles. The van der Waals surface area contributed by atoms with Gasteiger partial charge in [0.2, 0.25) is 0 Å². The molecule has 4 nitrogen and oxygen atoms in total. The minimum Gasteiger partial charge on any atom is -0.545 e. The van der Waals surface area contributed by atoms with Gasteiger partial charge in [0.05, 0.1) is 11.9 Å². The van der Waals surface area contributed by atoms with Crippen molar-refractivity contribution in [3.63, 3.8) is 0 Å². The van der Waals surface area contributed by atoms with E-state index < -0.39 is 19.5 Å². The van der Waals surface area contributed by atoms with E-state index in [0.29, 0.717) is 0 Å². The third kappa shape index (κ3) is 58.0. The van der Waals surface area contributed by atoms with E-state index in [0.717, 1.165) is 0 Å². The van der Waals surface area contributed by atoms with Gasteiger partial charge in [-0.15, -0.1) is 0 Å². The first-order valence-corrected chi connectivity index (χ1v) is 3.68. The second-order valence-corrected chi connectivity index (χ2v) is 2.38. The summed E-state index contributed by atoms with van der Waals surface area (Å²) in [6, 6.07) is 0. The summed E-state index contributed by atoms with van der Waals surface area (Å²) in [5.74, 6) is -2.37. The van der Waals surface area contributed by atoms with Gasteiger partial charge in [-0.25, -0.2) is 0 Å². The molecule has 0 saturated heterocycles. The first-order valence-electron chi connectivity index (χ1n) is 3.68. The first-order chi connectivity index (χ1) is 7.02. The van der Waals surface area contributed by atoms with Crippen molar-refractivity contribution >= 4 is 19.5 Å². The molecule has 0 saturated carbocycles. The Labute approximate surface area is 128 Å². The summed E-state index contributed by atoms with van der Waals surface area (Å²) in [6.45, 7) is 8.95. The predicted octanol–water partition coefficient (Wildman–Crippen LogP) is -6.49. The number of carbonyl (C=O) groups excluding carboxylic acids is 2. The molecule has 0 fully saturated rings. The van der Waals surface area contributed by atoms with Crippen LogP contribution >= 0.6 is 0 Å². The van der Waals surface area contributed by atoms with E-state index in [4.69, 9.17) is 0 Å². The zero-order valence-electron chi connectivity index (χ0n) is 10.8. The van der Waals surface area contributed by atoms with E-state index in [1.165, 1.54) is 13.8 Å². The molecule has 18 heavy (non-hydrogen) atoms. The van der Waals surface area contributed by atoms with Gasteiger partial charge in [-0.05, 0) is 25.0 Å². The second-order valence-electron chi connectivity index (χ2n) is 2.38. The van der Waals surface area contributed by atoms with E-state index in [1.54, 1.807) is 0 Å². The fraction of sp³-hybridized carbons (Fsp3) is 0.250. The van der Waals surface area contributed by atoms with Crippen LogP contribution in [0.5, 0.6) is 0 Å². The number of hydrogen-bond donors (Lipinski definition) is 0. The van der Waals surface area contributed by atoms with Gasteiger partial charge in [-0.1, -0.05) is 13.2 Å². The maximum Gasteiger partial charge on any atom is 1.00 e. The molecule has 0 N–H and O–H groups in total. The SMILES string of the molecule is C=C(C)C(=O)[O-].C=C(C)C(=O)[O-].FB(F)F.[Li+].[Li+]. The normalized spacial score (nSPS) is 6.50. The molecule has 0 rings (SSSR count). The van der Waals surface area contributed by atoms with Crippen LogP contribution in [0.3, 0.4) is 0 Å². The molecule has 0 aromatic heterocycles. The van der Waals surface area contributed by atoms with Gasteiger partial charge in [0.1, 0.15) is 0 Å². The third-order valence-corrected chi connectivity index (χ3v) is 0.697. The summed E-state index contributed by atoms with van der Waals surface area (Å²) in [7, 11) is -3.67. The van der Waals surface area contributed by atoms with E-state index in [9.17, 15) is 32.7 Å². The molecular weight excluding hydrogens is 242 g/mol. The molecule has 0 radical (unpaired) electrons. The van der Waals surface area contributed by atoms with Gasteiger partial charge in [0, 0.05) is 0 Å². The van der Waals surface area contributed by atoms with Crippen LogP contribution in [-0.2, 0) is 9.59 Å². The molecule has 0 aromatic carbocycles. The van der Waals surface area contributed by atoms with Crippen LogP contribution in [-0.4, -0.2) is 19.5 Å². The summed E-state index contributed by atoms with van der Waals surface area (Å²) >= 11 is 0. The Morgan fingerprint density at radius 3 is 0.944 bits per heavy atom. The molecule has 92 valence electrons. The monoisotopic (exact) mass is 252 g/mol. The van der Waals surface area contributed by atoms with Gasteiger partial charge >= 0.3 is 45.3 Å². The molecule has 0 aliphatic rings. The van der Waals surface area contributed by atoms with E-state index in [-0.39, 0.29) is 48.9 Å². The maximum atomic E-state index is 9.67. The van der Waals surface area contributed by atoms with Crippen molar-refractivity contribution in [1.29, 1.82) is 0 Å². The fourth-order valence-electron chi connectivity index (χ4n) is 0. The fourth-order valence-corrected chi connectivity index (χ4v) is 0. The van der Waals surface area contributed by atoms with Crippen molar-refractivity contribution in [3.05, 3.63) is 24.3 Å². The summed E-state index contributed by atoms with van der Waals surface area (Å²) in [6.07, 6.45) is 0. The van der Waals surface area contributed by atoms with Crippen molar-refractivity contribution in [3.8, 4) is 0 Å². The minimum atomic E-state index is -3.67. The van der Waals surface area contributed by atoms with Crippen molar-refractivity contribution in [1.82, 2.24) is 0 Å². The molecule has 0 bridgehead atoms. The van der Waals surface area contributed by atoms with Gasteiger partial charge in [-0.2, -0.15) is 0 Å². The number of carbonyl (C=O) groups is 2. The molecule has 0 unspecified atom stereocenters. The molecule has 0 amide bonds. The van der Waals surface area contributed by atoms with Gasteiger partial charge < -0.3 is 19.8 Å². The third-order valence-electron chi connectivity index (χ3n) is 0.697. The van der Waals surface area contributed by atoms with Gasteiger partial charge in [0.15, 0.2) is 0 Å². The molecule has 0 spiro atoms. The predicted molar refractivity (Wildman–Crippen MR) is 48.7 cm³/mol. The zero-order chi connectivity index (χ0) is 13.9. The smallest absolute Gasteiger partial charge is 0.545 e. The van der Waals surface area contributed by atoms with E-state index >= 15 is 0 Å². The number of carboxylic acids is 2. The Bertz CT molecular complexity index is 224. The number of carboxylic acid groups (broad SMARTS) is 2. The van der Waals surface area contributed by atoms with Crippen molar-refractivity contribution in [2.75, 3.05) is 0 Å². The summed E-state index contributed by atoms with van der Waals surface area (Å²) < 4.78 is 29.0. The molecule has 0 aliphatic carbocycles. The van der Waals surface area contributed by atoms with Crippen LogP contribution in [0, 0.1) is 0 Å². The van der Waals surface area contributed by atoms with Crippen LogP contribution < -0.4 is 47.9 Å². The molecular formula is C8H10BF3Li2O4. The second kappa shape index (κ2) is 18.8. The van der Waals surface area contributed by atoms with Gasteiger partial charge in [-0.3, -0.25) is 12.9 Å². The molecule has 0 atom stereocenters. The number of halogens is 3. The van der Waals surface area contributed by atoms with Crippen LogP contribution in [0.1, 0.15) is 13.8 Å². The van der Waals surface area contributed by atoms with Crippen molar-refractivity contribution < 1.29 is 70.5 Å². The van der Waals surface area contributed by atoms with E-state index in [1.807, 2.05) is 0 Å². The van der Waals surface area contributed by atoms with Crippen LogP contribution in [0.15, 0.2) is 24.3 Å². The minimum absolute atomic E-state index is 0. The Morgan fingerprint density at radius 2 is 0.944 bits per heavy atom. The standard InChI is InChI=1S/2C4H6O2.BF3.2Li/c2*1-3(2)4(5)6;2-1(3)4;;/h2*1H2,2H3,(H,5,6);;;/q;;;2*+1/p-2. The Balaban J connectivity index is -0.0000000454. The van der Waals surface area contributed by atoms with Crippen LogP contribution in [0.25, 0.3) is 0 Å². The maximum absolute atomic E-state index is 9.67. The summed E-state index contributed by atoms with van der Waals surface area (Å²) in [4.78, 5) is 19.0. The number of hydrogen-bond acceptors (Lipinski definition) is 4. The quantitative estimate of drug-likeness (QED) is 0.361. The van der Waals surface area contributed by atoms with Gasteiger partial charge in [0.25, 0.3) is 0 Å². The average molecular weight is 252 g/mol. The van der Waals surface area contributed by atoms with Crippen molar-refractivity contribution in [2.24, 2.45) is 0 Å². The van der Waals surface area contributed by atoms with Crippen LogP contribution in [0.2, 0.25) is 0 Å². The van der Waals surface area contributed by atoms with Crippen molar-refractivity contribution in [2.45, 2.75) is 13.8 Å². The summed E-state index contributed by atoms with van der Waals surface area (Å²) in [5.41, 5.74) is 0.130. The molecule has 0 aromatic rings. The molecule has 0 aliphatic heterocycles. The number of aliphatic carboxylic acids is 2. The molecule has 10 heteroatoms. The Kier molecular flexibility index (Phi) is 31.9. The van der Waals surface area contributed by atoms with Crippen LogP contribution in [0.4, 0.5) is 12.9 Å². The van der Waals surface area contributed by atoms with E-state index in [2.05, 4.69) is 13.2 Å². The Hall–Kier alpha value is -0.530. The average Bonchev–Trinajstić information content (AvgIpc) is 2.03. The Morgan fingerprint density at radius 1 is 0.889 bits per heavy atom. The largest absolute Gasteiger partial charge is 1.00 e. The first kappa shape index (κ1) is 30.5. The summed E-state index contributed by atoms with van der Waals surface area (Å²) in [5, 5.41) is 19.0. The number of rotatable bonds is 2. The topological polar surface area (TPSA) is 80.3 Å².